The Morgan fingerprint density at radius 3 is 2.74 bits per heavy atom. The third-order valence-corrected chi connectivity index (χ3v) is 4.68. The van der Waals surface area contributed by atoms with E-state index >= 15 is 0 Å². The largest absolute Gasteiger partial charge is 0.490 e. The van der Waals surface area contributed by atoms with Crippen molar-refractivity contribution in [2.75, 3.05) is 24.6 Å². The third-order valence-electron chi connectivity index (χ3n) is 3.37. The summed E-state index contributed by atoms with van der Waals surface area (Å²) >= 11 is 0. The number of hydrogen-bond donors (Lipinski definition) is 2. The lowest BCUT2D eigenvalue weighted by Crippen LogP contribution is -2.30. The first kappa shape index (κ1) is 14.1. The maximum atomic E-state index is 11.7. The van der Waals surface area contributed by atoms with Crippen LogP contribution in [0.4, 0.5) is 5.69 Å². The summed E-state index contributed by atoms with van der Waals surface area (Å²) in [6.45, 7) is 2.76. The van der Waals surface area contributed by atoms with E-state index in [9.17, 15) is 8.42 Å². The van der Waals surface area contributed by atoms with Crippen LogP contribution in [0, 0.1) is 11.8 Å². The highest BCUT2D eigenvalue weighted by Crippen LogP contribution is 2.36. The molecule has 6 heteroatoms. The molecule has 1 aliphatic rings. The quantitative estimate of drug-likeness (QED) is 0.738. The Morgan fingerprint density at radius 1 is 1.42 bits per heavy atom. The summed E-state index contributed by atoms with van der Waals surface area (Å²) in [5.74, 6) is 1.61. The number of rotatable bonds is 7. The number of nitrogens with one attached hydrogen (secondary N) is 1. The van der Waals surface area contributed by atoms with E-state index in [0.29, 0.717) is 29.8 Å². The molecule has 0 aliphatic heterocycles. The van der Waals surface area contributed by atoms with Gasteiger partial charge in [-0.2, -0.15) is 0 Å². The van der Waals surface area contributed by atoms with Crippen molar-refractivity contribution < 1.29 is 13.2 Å². The lowest BCUT2D eigenvalue weighted by Gasteiger charge is -2.09. The topological polar surface area (TPSA) is 81.4 Å². The van der Waals surface area contributed by atoms with Crippen molar-refractivity contribution >= 4 is 15.7 Å². The average Bonchev–Trinajstić information content (AvgIpc) is 3.06. The second-order valence-electron chi connectivity index (χ2n) is 5.03. The maximum Gasteiger partial charge on any atom is 0.214 e. The number of para-hydroxylation sites is 2. The predicted molar refractivity (Wildman–Crippen MR) is 75.4 cm³/mol. The SMILES string of the molecule is CC1CC1CNS(=O)(=O)CCOc1ccccc1N. The summed E-state index contributed by atoms with van der Waals surface area (Å²) in [4.78, 5) is 0. The van der Waals surface area contributed by atoms with Crippen LogP contribution in [0.15, 0.2) is 24.3 Å². The molecule has 0 amide bonds. The van der Waals surface area contributed by atoms with Gasteiger partial charge in [-0.15, -0.1) is 0 Å². The van der Waals surface area contributed by atoms with Crippen molar-refractivity contribution in [2.24, 2.45) is 11.8 Å². The van der Waals surface area contributed by atoms with Gasteiger partial charge in [-0.1, -0.05) is 19.1 Å². The molecule has 2 rings (SSSR count). The molecule has 1 saturated carbocycles. The molecule has 19 heavy (non-hydrogen) atoms. The van der Waals surface area contributed by atoms with Crippen molar-refractivity contribution in [3.8, 4) is 5.75 Å². The van der Waals surface area contributed by atoms with Gasteiger partial charge in [0, 0.05) is 6.54 Å². The second kappa shape index (κ2) is 5.79. The molecule has 0 radical (unpaired) electrons. The van der Waals surface area contributed by atoms with Crippen LogP contribution >= 0.6 is 0 Å². The van der Waals surface area contributed by atoms with Gasteiger partial charge in [0.15, 0.2) is 0 Å². The molecule has 1 aromatic carbocycles. The molecule has 0 spiro atoms. The van der Waals surface area contributed by atoms with Crippen LogP contribution in [-0.2, 0) is 10.0 Å². The fourth-order valence-electron chi connectivity index (χ4n) is 1.86. The van der Waals surface area contributed by atoms with E-state index in [2.05, 4.69) is 11.6 Å². The van der Waals surface area contributed by atoms with Crippen molar-refractivity contribution in [2.45, 2.75) is 13.3 Å². The molecule has 0 heterocycles. The number of nitrogens with two attached hydrogens (primary N) is 1. The number of sulfonamides is 1. The van der Waals surface area contributed by atoms with Crippen LogP contribution in [0.25, 0.3) is 0 Å². The summed E-state index contributed by atoms with van der Waals surface area (Å²) in [5.41, 5.74) is 6.22. The number of hydrogen-bond acceptors (Lipinski definition) is 4. The van der Waals surface area contributed by atoms with Crippen LogP contribution in [0.3, 0.4) is 0 Å². The molecule has 0 bridgehead atoms. The van der Waals surface area contributed by atoms with E-state index in [4.69, 9.17) is 10.5 Å². The van der Waals surface area contributed by atoms with Gasteiger partial charge in [0.2, 0.25) is 10.0 Å². The number of nitrogen functional groups attached to an aromatic ring is 1. The lowest BCUT2D eigenvalue weighted by molar-refractivity contribution is 0.342. The minimum atomic E-state index is -3.26. The monoisotopic (exact) mass is 284 g/mol. The van der Waals surface area contributed by atoms with Gasteiger partial charge in [0.05, 0.1) is 11.4 Å². The fraction of sp³-hybridized carbons (Fsp3) is 0.538. The first-order valence-corrected chi connectivity index (χ1v) is 8.08. The zero-order valence-electron chi connectivity index (χ0n) is 11.0. The summed E-state index contributed by atoms with van der Waals surface area (Å²) in [7, 11) is -3.26. The van der Waals surface area contributed by atoms with Crippen LogP contribution in [0.1, 0.15) is 13.3 Å². The van der Waals surface area contributed by atoms with Gasteiger partial charge in [-0.25, -0.2) is 13.1 Å². The van der Waals surface area contributed by atoms with Crippen molar-refractivity contribution in [3.63, 3.8) is 0 Å². The van der Waals surface area contributed by atoms with Gasteiger partial charge in [-0.3, -0.25) is 0 Å². The highest BCUT2D eigenvalue weighted by Gasteiger charge is 2.33. The molecule has 1 fully saturated rings. The van der Waals surface area contributed by atoms with Crippen LogP contribution in [-0.4, -0.2) is 27.3 Å². The maximum absolute atomic E-state index is 11.7. The predicted octanol–water partition coefficient (Wildman–Crippen LogP) is 1.22. The van der Waals surface area contributed by atoms with Gasteiger partial charge in [0.1, 0.15) is 12.4 Å². The number of benzene rings is 1. The molecule has 2 atom stereocenters. The molecule has 3 N–H and O–H groups in total. The Hall–Kier alpha value is -1.27. The standard InChI is InChI=1S/C13H20N2O3S/c1-10-8-11(10)9-15-19(16,17)7-6-18-13-5-3-2-4-12(13)14/h2-5,10-11,15H,6-9,14H2,1H3. The Balaban J connectivity index is 1.73. The normalized spacial score (nSPS) is 22.2. The molecule has 106 valence electrons. The van der Waals surface area contributed by atoms with Crippen LogP contribution < -0.4 is 15.2 Å². The zero-order chi connectivity index (χ0) is 13.9. The Labute approximate surface area is 114 Å². The summed E-state index contributed by atoms with van der Waals surface area (Å²) < 4.78 is 31.4. The molecule has 1 aliphatic carbocycles. The van der Waals surface area contributed by atoms with Crippen LogP contribution in [0.2, 0.25) is 0 Å². The Morgan fingerprint density at radius 2 is 2.11 bits per heavy atom. The average molecular weight is 284 g/mol. The summed E-state index contributed by atoms with van der Waals surface area (Å²) in [6, 6.07) is 7.04. The van der Waals surface area contributed by atoms with E-state index in [0.717, 1.165) is 6.42 Å². The third kappa shape index (κ3) is 4.40. The van der Waals surface area contributed by atoms with Gasteiger partial charge in [-0.05, 0) is 30.4 Å². The molecule has 0 saturated heterocycles. The highest BCUT2D eigenvalue weighted by molar-refractivity contribution is 7.89. The summed E-state index contributed by atoms with van der Waals surface area (Å²) in [5, 5.41) is 0. The van der Waals surface area contributed by atoms with Gasteiger partial charge < -0.3 is 10.5 Å². The van der Waals surface area contributed by atoms with Gasteiger partial charge in [0.25, 0.3) is 0 Å². The van der Waals surface area contributed by atoms with E-state index in [1.807, 2.05) is 0 Å². The molecule has 2 unspecified atom stereocenters. The number of anilines is 1. The molecular weight excluding hydrogens is 264 g/mol. The van der Waals surface area contributed by atoms with E-state index in [-0.39, 0.29) is 12.4 Å². The smallest absolute Gasteiger partial charge is 0.214 e. The molecular formula is C13H20N2O3S. The van der Waals surface area contributed by atoms with Crippen molar-refractivity contribution in [1.29, 1.82) is 0 Å². The Bertz CT molecular complexity index is 530. The first-order chi connectivity index (χ1) is 8.98. The fourth-order valence-corrected chi connectivity index (χ4v) is 2.78. The van der Waals surface area contributed by atoms with Crippen molar-refractivity contribution in [3.05, 3.63) is 24.3 Å². The molecule has 5 nitrogen and oxygen atoms in total. The lowest BCUT2D eigenvalue weighted by atomic mass is 10.3. The zero-order valence-corrected chi connectivity index (χ0v) is 11.8. The van der Waals surface area contributed by atoms with Crippen LogP contribution in [0.5, 0.6) is 5.75 Å². The van der Waals surface area contributed by atoms with E-state index in [1.165, 1.54) is 0 Å². The molecule has 0 aromatic heterocycles. The second-order valence-corrected chi connectivity index (χ2v) is 6.95. The first-order valence-electron chi connectivity index (χ1n) is 6.42. The number of ether oxygens (including phenoxy) is 1. The molecule has 1 aromatic rings. The highest BCUT2D eigenvalue weighted by atomic mass is 32.2. The van der Waals surface area contributed by atoms with E-state index in [1.54, 1.807) is 24.3 Å². The minimum absolute atomic E-state index is 0.0531. The summed E-state index contributed by atoms with van der Waals surface area (Å²) in [6.07, 6.45) is 1.11. The van der Waals surface area contributed by atoms with Gasteiger partial charge >= 0.3 is 0 Å². The van der Waals surface area contributed by atoms with Crippen molar-refractivity contribution in [1.82, 2.24) is 4.72 Å². The minimum Gasteiger partial charge on any atom is -0.490 e. The van der Waals surface area contributed by atoms with E-state index < -0.39 is 10.0 Å². The Kier molecular flexibility index (Phi) is 4.31.